The van der Waals surface area contributed by atoms with Crippen LogP contribution in [0.1, 0.15) is 19.2 Å². The van der Waals surface area contributed by atoms with Gasteiger partial charge in [0, 0.05) is 12.0 Å². The molecule has 1 unspecified atom stereocenters. The summed E-state index contributed by atoms with van der Waals surface area (Å²) in [6, 6.07) is 7.04. The molecule has 0 spiro atoms. The third-order valence-electron chi connectivity index (χ3n) is 4.64. The van der Waals surface area contributed by atoms with Gasteiger partial charge in [0.25, 0.3) is 5.91 Å². The largest absolute Gasteiger partial charge is 0.453 e. The van der Waals surface area contributed by atoms with Crippen molar-refractivity contribution in [3.05, 3.63) is 71.8 Å². The Morgan fingerprint density at radius 1 is 1.03 bits per heavy atom. The number of benzene rings is 2. The molecule has 35 heavy (non-hydrogen) atoms. The SMILES string of the molecule is CC(OC(=O)CCc1ncc(-c2ccc(F)cc2)o1)C(=O)NCC(=O)Nc1ccc(F)c(F)c1F. The number of esters is 1. The molecular formula is C23H19F4N3O5. The molecule has 0 saturated carbocycles. The zero-order chi connectivity index (χ0) is 25.5. The molecule has 1 heterocycles. The highest BCUT2D eigenvalue weighted by molar-refractivity contribution is 5.95. The second kappa shape index (κ2) is 11.3. The molecule has 1 atom stereocenters. The number of rotatable bonds is 9. The first-order valence-electron chi connectivity index (χ1n) is 10.2. The van der Waals surface area contributed by atoms with Gasteiger partial charge < -0.3 is 19.8 Å². The monoisotopic (exact) mass is 493 g/mol. The highest BCUT2D eigenvalue weighted by atomic mass is 19.2. The topological polar surface area (TPSA) is 111 Å². The number of hydrogen-bond acceptors (Lipinski definition) is 6. The normalized spacial score (nSPS) is 11.6. The molecule has 8 nitrogen and oxygen atoms in total. The van der Waals surface area contributed by atoms with Crippen LogP contribution < -0.4 is 10.6 Å². The minimum absolute atomic E-state index is 0.0799. The number of ether oxygens (including phenoxy) is 1. The number of oxazole rings is 1. The average Bonchev–Trinajstić information content (AvgIpc) is 3.31. The van der Waals surface area contributed by atoms with Gasteiger partial charge in [-0.1, -0.05) is 0 Å². The molecule has 0 saturated heterocycles. The third-order valence-corrected chi connectivity index (χ3v) is 4.64. The van der Waals surface area contributed by atoms with Crippen molar-refractivity contribution in [2.45, 2.75) is 25.9 Å². The van der Waals surface area contributed by atoms with Crippen LogP contribution in [0.15, 0.2) is 47.0 Å². The van der Waals surface area contributed by atoms with Gasteiger partial charge in [-0.25, -0.2) is 22.5 Å². The van der Waals surface area contributed by atoms with E-state index in [4.69, 9.17) is 9.15 Å². The van der Waals surface area contributed by atoms with Crippen molar-refractivity contribution in [3.8, 4) is 11.3 Å². The van der Waals surface area contributed by atoms with E-state index in [1.54, 1.807) is 0 Å². The average molecular weight is 493 g/mol. The quantitative estimate of drug-likeness (QED) is 0.268. The Bertz CT molecular complexity index is 1230. The maximum absolute atomic E-state index is 13.6. The first kappa shape index (κ1) is 25.4. The number of amides is 2. The van der Waals surface area contributed by atoms with Crippen molar-refractivity contribution < 1.29 is 41.1 Å². The third kappa shape index (κ3) is 6.88. The molecule has 1 aromatic heterocycles. The van der Waals surface area contributed by atoms with Gasteiger partial charge in [-0.15, -0.1) is 0 Å². The Balaban J connectivity index is 1.41. The molecule has 0 aliphatic carbocycles. The Labute approximate surface area is 196 Å². The van der Waals surface area contributed by atoms with Gasteiger partial charge >= 0.3 is 5.97 Å². The maximum atomic E-state index is 13.6. The van der Waals surface area contributed by atoms with E-state index in [-0.39, 0.29) is 18.7 Å². The van der Waals surface area contributed by atoms with Gasteiger partial charge in [-0.3, -0.25) is 14.4 Å². The van der Waals surface area contributed by atoms with Crippen molar-refractivity contribution in [1.29, 1.82) is 0 Å². The van der Waals surface area contributed by atoms with E-state index in [2.05, 4.69) is 10.3 Å². The summed E-state index contributed by atoms with van der Waals surface area (Å²) in [5.74, 6) is -6.97. The van der Waals surface area contributed by atoms with E-state index >= 15 is 0 Å². The van der Waals surface area contributed by atoms with Crippen LogP contribution in [0.5, 0.6) is 0 Å². The number of nitrogens with one attached hydrogen (secondary N) is 2. The van der Waals surface area contributed by atoms with E-state index in [0.717, 1.165) is 6.07 Å². The summed E-state index contributed by atoms with van der Waals surface area (Å²) in [7, 11) is 0. The number of carbonyl (C=O) groups is 3. The fraction of sp³-hybridized carbons (Fsp3) is 0.217. The van der Waals surface area contributed by atoms with Crippen LogP contribution in [0.3, 0.4) is 0 Å². The fourth-order valence-corrected chi connectivity index (χ4v) is 2.82. The van der Waals surface area contributed by atoms with Crippen LogP contribution in [0.25, 0.3) is 11.3 Å². The zero-order valence-electron chi connectivity index (χ0n) is 18.2. The lowest BCUT2D eigenvalue weighted by molar-refractivity contribution is -0.154. The van der Waals surface area contributed by atoms with E-state index in [1.807, 2.05) is 5.32 Å². The van der Waals surface area contributed by atoms with Gasteiger partial charge in [-0.05, 0) is 43.3 Å². The van der Waals surface area contributed by atoms with Gasteiger partial charge in [0.15, 0.2) is 35.2 Å². The summed E-state index contributed by atoms with van der Waals surface area (Å²) in [6.45, 7) is 0.638. The van der Waals surface area contributed by atoms with Gasteiger partial charge in [0.1, 0.15) is 5.82 Å². The number of nitrogens with zero attached hydrogens (tertiary/aromatic N) is 1. The second-order valence-corrected chi connectivity index (χ2v) is 7.25. The highest BCUT2D eigenvalue weighted by Crippen LogP contribution is 2.21. The number of aromatic nitrogens is 1. The van der Waals surface area contributed by atoms with Crippen LogP contribution in [-0.4, -0.2) is 35.4 Å². The van der Waals surface area contributed by atoms with Crippen LogP contribution in [-0.2, 0) is 25.5 Å². The van der Waals surface area contributed by atoms with Crippen molar-refractivity contribution >= 4 is 23.5 Å². The Kier molecular flexibility index (Phi) is 8.18. The second-order valence-electron chi connectivity index (χ2n) is 7.25. The first-order chi connectivity index (χ1) is 16.6. The predicted octanol–water partition coefficient (Wildman–Crippen LogP) is 3.52. The molecule has 184 valence electrons. The molecule has 0 aliphatic heterocycles. The molecule has 3 aromatic rings. The molecular weight excluding hydrogens is 474 g/mol. The summed E-state index contributed by atoms with van der Waals surface area (Å²) in [5, 5.41) is 4.17. The molecule has 0 bridgehead atoms. The molecule has 0 radical (unpaired) electrons. The number of aryl methyl sites for hydroxylation is 1. The van der Waals surface area contributed by atoms with Gasteiger partial charge in [-0.2, -0.15) is 0 Å². The van der Waals surface area contributed by atoms with Gasteiger partial charge in [0.2, 0.25) is 5.91 Å². The summed E-state index contributed by atoms with van der Waals surface area (Å²) in [6.07, 6.45) is 0.101. The van der Waals surface area contributed by atoms with E-state index in [0.29, 0.717) is 17.4 Å². The van der Waals surface area contributed by atoms with Crippen molar-refractivity contribution in [2.24, 2.45) is 0 Å². The van der Waals surface area contributed by atoms with Crippen LogP contribution in [0.4, 0.5) is 23.2 Å². The predicted molar refractivity (Wildman–Crippen MR) is 114 cm³/mol. The zero-order valence-corrected chi connectivity index (χ0v) is 18.2. The van der Waals surface area contributed by atoms with Crippen LogP contribution in [0.2, 0.25) is 0 Å². The lowest BCUT2D eigenvalue weighted by Crippen LogP contribution is -2.40. The minimum atomic E-state index is -1.75. The maximum Gasteiger partial charge on any atom is 0.307 e. The molecule has 0 aliphatic rings. The van der Waals surface area contributed by atoms with Crippen LogP contribution >= 0.6 is 0 Å². The highest BCUT2D eigenvalue weighted by Gasteiger charge is 2.20. The summed E-state index contributed by atoms with van der Waals surface area (Å²) in [4.78, 5) is 39.9. The Hall–Kier alpha value is -4.22. The number of anilines is 1. The Morgan fingerprint density at radius 3 is 2.46 bits per heavy atom. The number of hydrogen-bond donors (Lipinski definition) is 2. The number of halogens is 4. The van der Waals surface area contributed by atoms with E-state index in [9.17, 15) is 31.9 Å². The smallest absolute Gasteiger partial charge is 0.307 e. The minimum Gasteiger partial charge on any atom is -0.453 e. The Morgan fingerprint density at radius 2 is 1.74 bits per heavy atom. The van der Waals surface area contributed by atoms with E-state index in [1.165, 1.54) is 37.4 Å². The molecule has 0 fully saturated rings. The van der Waals surface area contributed by atoms with Crippen molar-refractivity contribution in [2.75, 3.05) is 11.9 Å². The fourth-order valence-electron chi connectivity index (χ4n) is 2.82. The summed E-state index contributed by atoms with van der Waals surface area (Å²) >= 11 is 0. The van der Waals surface area contributed by atoms with Crippen molar-refractivity contribution in [3.63, 3.8) is 0 Å². The summed E-state index contributed by atoms with van der Waals surface area (Å²) in [5.41, 5.74) is 0.00565. The standard InChI is InChI=1S/C23H19F4N3O5/c1-12(23(33)29-11-18(31)30-16-7-6-15(25)21(26)22(16)27)34-20(32)9-8-19-28-10-17(35-19)13-2-4-14(24)5-3-13/h2-7,10,12H,8-9,11H2,1H3,(H,29,33)(H,30,31). The van der Waals surface area contributed by atoms with E-state index < -0.39 is 59.4 Å². The molecule has 2 amide bonds. The molecule has 2 aromatic carbocycles. The first-order valence-corrected chi connectivity index (χ1v) is 10.2. The van der Waals surface area contributed by atoms with Crippen molar-refractivity contribution in [1.82, 2.24) is 10.3 Å². The molecule has 3 rings (SSSR count). The number of carbonyl (C=O) groups excluding carboxylic acids is 3. The molecule has 2 N–H and O–H groups in total. The van der Waals surface area contributed by atoms with Gasteiger partial charge in [0.05, 0.1) is 24.8 Å². The van der Waals surface area contributed by atoms with Crippen LogP contribution in [0, 0.1) is 23.3 Å². The lowest BCUT2D eigenvalue weighted by atomic mass is 10.2. The molecule has 12 heteroatoms. The summed E-state index contributed by atoms with van der Waals surface area (Å²) < 4.78 is 63.2. The lowest BCUT2D eigenvalue weighted by Gasteiger charge is -2.13.